The third-order valence-electron chi connectivity index (χ3n) is 5.59. The molecule has 0 spiro atoms. The average molecular weight is 489 g/mol. The summed E-state index contributed by atoms with van der Waals surface area (Å²) in [7, 11) is 0. The molecule has 1 saturated heterocycles. The number of nitrogens with zero attached hydrogens (tertiary/aromatic N) is 5. The summed E-state index contributed by atoms with van der Waals surface area (Å²) in [4.78, 5) is 28.0. The zero-order chi connectivity index (χ0) is 23.2. The van der Waals surface area contributed by atoms with Gasteiger partial charge in [-0.25, -0.2) is 10.4 Å². The Hall–Kier alpha value is -3.43. The lowest BCUT2D eigenvalue weighted by Gasteiger charge is -2.36. The van der Waals surface area contributed by atoms with Crippen LogP contribution in [0.3, 0.4) is 0 Å². The highest BCUT2D eigenvalue weighted by atomic mass is 32.2. The van der Waals surface area contributed by atoms with Crippen molar-refractivity contribution in [2.75, 3.05) is 41.7 Å². The highest BCUT2D eigenvalue weighted by Crippen LogP contribution is 2.30. The first-order valence-electron chi connectivity index (χ1n) is 11.0. The fourth-order valence-corrected chi connectivity index (χ4v) is 5.29. The summed E-state index contributed by atoms with van der Waals surface area (Å²) < 4.78 is 0. The molecule has 7 nitrogen and oxygen atoms in total. The molecule has 0 bridgehead atoms. The van der Waals surface area contributed by atoms with E-state index in [1.54, 1.807) is 23.7 Å². The number of carbonyl (C=O) groups excluding carboxylic acids is 1. The largest absolute Gasteiger partial charge is 0.368 e. The smallest absolute Gasteiger partial charge is 0.250 e. The van der Waals surface area contributed by atoms with Gasteiger partial charge in [-0.15, -0.1) is 23.1 Å². The zero-order valence-corrected chi connectivity index (χ0v) is 20.1. The third kappa shape index (κ3) is 5.37. The molecule has 1 N–H and O–H groups in total. The van der Waals surface area contributed by atoms with Crippen LogP contribution in [0, 0.1) is 0 Å². The molecule has 5 rings (SSSR count). The van der Waals surface area contributed by atoms with Crippen LogP contribution in [0.15, 0.2) is 82.4 Å². The number of pyridine rings is 2. The maximum Gasteiger partial charge on any atom is 0.250 e. The summed E-state index contributed by atoms with van der Waals surface area (Å²) in [5.41, 5.74) is 4.70. The molecule has 1 amide bonds. The fourth-order valence-electron chi connectivity index (χ4n) is 3.87. The van der Waals surface area contributed by atoms with Crippen molar-refractivity contribution in [2.24, 2.45) is 5.10 Å². The van der Waals surface area contributed by atoms with Gasteiger partial charge in [0.15, 0.2) is 0 Å². The first-order chi connectivity index (χ1) is 16.8. The monoisotopic (exact) mass is 488 g/mol. The molecule has 0 aliphatic carbocycles. The standard InChI is InChI=1S/C25H24N6OS2/c32-25(29-28-17-20-4-3-15-33-20)18-34-23-8-10-26-22-7-6-19(16-21(22)23)30-11-13-31(14-12-30)24-5-1-2-9-27-24/h1-10,15-17H,11-14,18H2,(H,29,32)/b28-17+. The summed E-state index contributed by atoms with van der Waals surface area (Å²) in [6, 6.07) is 18.3. The Morgan fingerprint density at radius 2 is 1.91 bits per heavy atom. The first-order valence-corrected chi connectivity index (χ1v) is 12.9. The van der Waals surface area contributed by atoms with E-state index in [1.165, 1.54) is 17.4 Å². The van der Waals surface area contributed by atoms with E-state index in [-0.39, 0.29) is 11.7 Å². The highest BCUT2D eigenvalue weighted by Gasteiger charge is 2.19. The van der Waals surface area contributed by atoms with E-state index in [2.05, 4.69) is 54.6 Å². The zero-order valence-electron chi connectivity index (χ0n) is 18.5. The van der Waals surface area contributed by atoms with Crippen molar-refractivity contribution in [1.82, 2.24) is 15.4 Å². The molecule has 172 valence electrons. The van der Waals surface area contributed by atoms with Gasteiger partial charge in [-0.05, 0) is 47.8 Å². The summed E-state index contributed by atoms with van der Waals surface area (Å²) in [5.74, 6) is 1.18. The summed E-state index contributed by atoms with van der Waals surface area (Å²) in [6.45, 7) is 3.71. The van der Waals surface area contributed by atoms with Crippen molar-refractivity contribution in [3.63, 3.8) is 0 Å². The Morgan fingerprint density at radius 1 is 1.03 bits per heavy atom. The van der Waals surface area contributed by atoms with Gasteiger partial charge in [0.05, 0.1) is 17.5 Å². The Morgan fingerprint density at radius 3 is 2.71 bits per heavy atom. The van der Waals surface area contributed by atoms with Crippen molar-refractivity contribution < 1.29 is 4.79 Å². The third-order valence-corrected chi connectivity index (χ3v) is 7.47. The van der Waals surface area contributed by atoms with Gasteiger partial charge < -0.3 is 9.80 Å². The molecular weight excluding hydrogens is 464 g/mol. The Balaban J connectivity index is 1.23. The van der Waals surface area contributed by atoms with Crippen LogP contribution in [-0.4, -0.2) is 54.0 Å². The Kier molecular flexibility index (Phi) is 7.02. The van der Waals surface area contributed by atoms with E-state index in [1.807, 2.05) is 41.9 Å². The summed E-state index contributed by atoms with van der Waals surface area (Å²) in [6.07, 6.45) is 5.30. The van der Waals surface area contributed by atoms with Gasteiger partial charge in [-0.2, -0.15) is 5.10 Å². The first kappa shape index (κ1) is 22.4. The average Bonchev–Trinajstić information content (AvgIpc) is 3.41. The van der Waals surface area contributed by atoms with Crippen LogP contribution in [0.5, 0.6) is 0 Å². The number of thiophene rings is 1. The van der Waals surface area contributed by atoms with Gasteiger partial charge in [0.1, 0.15) is 5.82 Å². The maximum absolute atomic E-state index is 12.3. The number of hydrazone groups is 1. The van der Waals surface area contributed by atoms with Crippen LogP contribution in [0.25, 0.3) is 10.9 Å². The Labute approximate surface area is 206 Å². The predicted molar refractivity (Wildman–Crippen MR) is 141 cm³/mol. The number of benzene rings is 1. The summed E-state index contributed by atoms with van der Waals surface area (Å²) in [5, 5.41) is 7.07. The van der Waals surface area contributed by atoms with E-state index >= 15 is 0 Å². The number of amides is 1. The summed E-state index contributed by atoms with van der Waals surface area (Å²) >= 11 is 3.08. The molecule has 3 aromatic heterocycles. The molecular formula is C25H24N6OS2. The Bertz CT molecular complexity index is 1270. The molecule has 4 aromatic rings. The van der Waals surface area contributed by atoms with Gasteiger partial charge in [-0.3, -0.25) is 9.78 Å². The molecule has 0 atom stereocenters. The second kappa shape index (κ2) is 10.7. The molecule has 1 fully saturated rings. The normalized spacial score (nSPS) is 14.1. The molecule has 0 unspecified atom stereocenters. The van der Waals surface area contributed by atoms with Crippen molar-refractivity contribution in [2.45, 2.75) is 4.90 Å². The molecule has 4 heterocycles. The predicted octanol–water partition coefficient (Wildman–Crippen LogP) is 4.26. The lowest BCUT2D eigenvalue weighted by molar-refractivity contribution is -0.118. The number of anilines is 2. The van der Waals surface area contributed by atoms with Gasteiger partial charge >= 0.3 is 0 Å². The number of rotatable bonds is 7. The molecule has 1 aliphatic heterocycles. The second-order valence-corrected chi connectivity index (χ2v) is 9.77. The van der Waals surface area contributed by atoms with E-state index in [9.17, 15) is 4.79 Å². The van der Waals surface area contributed by atoms with Gasteiger partial charge in [-0.1, -0.05) is 12.1 Å². The van der Waals surface area contributed by atoms with E-state index in [0.717, 1.165) is 52.7 Å². The topological polar surface area (TPSA) is 73.7 Å². The van der Waals surface area contributed by atoms with Crippen LogP contribution < -0.4 is 15.2 Å². The number of hydrogen-bond acceptors (Lipinski definition) is 8. The molecule has 0 radical (unpaired) electrons. The van der Waals surface area contributed by atoms with Crippen molar-refractivity contribution in [1.29, 1.82) is 0 Å². The van der Waals surface area contributed by atoms with Crippen LogP contribution >= 0.6 is 23.1 Å². The fraction of sp³-hybridized carbons (Fsp3) is 0.200. The van der Waals surface area contributed by atoms with Gasteiger partial charge in [0, 0.05) is 59.4 Å². The molecule has 0 saturated carbocycles. The highest BCUT2D eigenvalue weighted by molar-refractivity contribution is 8.00. The number of carbonyl (C=O) groups is 1. The molecule has 34 heavy (non-hydrogen) atoms. The second-order valence-electron chi connectivity index (χ2n) is 7.77. The molecule has 1 aliphatic rings. The number of hydrogen-bond donors (Lipinski definition) is 1. The minimum absolute atomic E-state index is 0.135. The van der Waals surface area contributed by atoms with Crippen molar-refractivity contribution in [3.05, 3.63) is 77.2 Å². The van der Waals surface area contributed by atoms with Crippen LogP contribution in [0.2, 0.25) is 0 Å². The number of piperazine rings is 1. The van der Waals surface area contributed by atoms with E-state index in [4.69, 9.17) is 0 Å². The van der Waals surface area contributed by atoms with E-state index in [0.29, 0.717) is 0 Å². The minimum atomic E-state index is -0.135. The van der Waals surface area contributed by atoms with Crippen LogP contribution in [0.4, 0.5) is 11.5 Å². The van der Waals surface area contributed by atoms with Gasteiger partial charge in [0.2, 0.25) is 5.91 Å². The van der Waals surface area contributed by atoms with Gasteiger partial charge in [0.25, 0.3) is 0 Å². The molecule has 1 aromatic carbocycles. The minimum Gasteiger partial charge on any atom is -0.368 e. The number of fused-ring (bicyclic) bond motifs is 1. The lowest BCUT2D eigenvalue weighted by Crippen LogP contribution is -2.46. The SMILES string of the molecule is O=C(CSc1ccnc2ccc(N3CCN(c4ccccn4)CC3)cc12)N/N=C/c1cccs1. The quantitative estimate of drug-likeness (QED) is 0.238. The lowest BCUT2D eigenvalue weighted by atomic mass is 10.1. The van der Waals surface area contributed by atoms with Crippen molar-refractivity contribution in [3.8, 4) is 0 Å². The number of nitrogens with one attached hydrogen (secondary N) is 1. The maximum atomic E-state index is 12.3. The van der Waals surface area contributed by atoms with Crippen LogP contribution in [0.1, 0.15) is 4.88 Å². The molecule has 9 heteroatoms. The van der Waals surface area contributed by atoms with E-state index < -0.39 is 0 Å². The van der Waals surface area contributed by atoms with Crippen LogP contribution in [-0.2, 0) is 4.79 Å². The van der Waals surface area contributed by atoms with Crippen molar-refractivity contribution >= 4 is 57.6 Å². The number of aromatic nitrogens is 2. The number of thioether (sulfide) groups is 1.